The molecule has 0 aliphatic carbocycles. The van der Waals surface area contributed by atoms with Crippen molar-refractivity contribution < 1.29 is 9.13 Å². The van der Waals surface area contributed by atoms with Crippen LogP contribution >= 0.6 is 0 Å². The SMILES string of the molecule is CCOc1ccc(NCCCN(C)C)cc1F. The van der Waals surface area contributed by atoms with Gasteiger partial charge in [-0.3, -0.25) is 0 Å². The summed E-state index contributed by atoms with van der Waals surface area (Å²) >= 11 is 0. The number of halogens is 1. The van der Waals surface area contributed by atoms with Crippen LogP contribution in [-0.2, 0) is 0 Å². The van der Waals surface area contributed by atoms with Crippen LogP contribution in [0.4, 0.5) is 10.1 Å². The summed E-state index contributed by atoms with van der Waals surface area (Å²) in [6.45, 7) is 4.18. The number of ether oxygens (including phenoxy) is 1. The van der Waals surface area contributed by atoms with E-state index in [2.05, 4.69) is 10.2 Å². The van der Waals surface area contributed by atoms with E-state index in [1.54, 1.807) is 6.07 Å². The van der Waals surface area contributed by atoms with Gasteiger partial charge >= 0.3 is 0 Å². The Morgan fingerprint density at radius 2 is 2.12 bits per heavy atom. The summed E-state index contributed by atoms with van der Waals surface area (Å²) in [5.74, 6) is -0.00389. The molecule has 3 nitrogen and oxygen atoms in total. The third-order valence-corrected chi connectivity index (χ3v) is 2.34. The first-order chi connectivity index (χ1) is 8.13. The highest BCUT2D eigenvalue weighted by molar-refractivity contribution is 5.47. The van der Waals surface area contributed by atoms with Gasteiger partial charge in [0.05, 0.1) is 6.61 Å². The molecule has 1 rings (SSSR count). The molecule has 0 aliphatic rings. The molecule has 0 saturated heterocycles. The zero-order valence-electron chi connectivity index (χ0n) is 10.8. The largest absolute Gasteiger partial charge is 0.491 e. The van der Waals surface area contributed by atoms with Crippen LogP contribution in [0.5, 0.6) is 5.75 Å². The normalized spacial score (nSPS) is 10.6. The predicted molar refractivity (Wildman–Crippen MR) is 69.2 cm³/mol. The fraction of sp³-hybridized carbons (Fsp3) is 0.538. The summed E-state index contributed by atoms with van der Waals surface area (Å²) < 4.78 is 18.6. The summed E-state index contributed by atoms with van der Waals surface area (Å²) in [5, 5.41) is 3.19. The van der Waals surface area contributed by atoms with Gasteiger partial charge in [-0.2, -0.15) is 0 Å². The Labute approximate surface area is 103 Å². The highest BCUT2D eigenvalue weighted by Crippen LogP contribution is 2.20. The van der Waals surface area contributed by atoms with Gasteiger partial charge in [-0.15, -0.1) is 0 Å². The maximum Gasteiger partial charge on any atom is 0.167 e. The molecular weight excluding hydrogens is 219 g/mol. The first kappa shape index (κ1) is 13.8. The second kappa shape index (κ2) is 7.12. The predicted octanol–water partition coefficient (Wildman–Crippen LogP) is 2.59. The third kappa shape index (κ3) is 5.04. The number of nitrogens with zero attached hydrogens (tertiary/aromatic N) is 1. The Balaban J connectivity index is 2.41. The van der Waals surface area contributed by atoms with E-state index in [0.717, 1.165) is 25.2 Å². The molecule has 0 aromatic heterocycles. The van der Waals surface area contributed by atoms with E-state index in [1.807, 2.05) is 27.1 Å². The zero-order chi connectivity index (χ0) is 12.7. The molecule has 0 amide bonds. The van der Waals surface area contributed by atoms with E-state index in [9.17, 15) is 4.39 Å². The molecule has 0 bridgehead atoms. The van der Waals surface area contributed by atoms with Gasteiger partial charge in [-0.1, -0.05) is 0 Å². The number of hydrogen-bond donors (Lipinski definition) is 1. The minimum atomic E-state index is -0.315. The number of anilines is 1. The monoisotopic (exact) mass is 240 g/mol. The van der Waals surface area contributed by atoms with Crippen LogP contribution in [0, 0.1) is 5.82 Å². The molecule has 0 unspecified atom stereocenters. The maximum atomic E-state index is 13.5. The van der Waals surface area contributed by atoms with Crippen LogP contribution in [0.2, 0.25) is 0 Å². The average molecular weight is 240 g/mol. The number of hydrogen-bond acceptors (Lipinski definition) is 3. The number of rotatable bonds is 7. The zero-order valence-corrected chi connectivity index (χ0v) is 10.8. The smallest absolute Gasteiger partial charge is 0.167 e. The van der Waals surface area contributed by atoms with Crippen molar-refractivity contribution in [2.45, 2.75) is 13.3 Å². The lowest BCUT2D eigenvalue weighted by atomic mass is 10.2. The number of nitrogens with one attached hydrogen (secondary N) is 1. The van der Waals surface area contributed by atoms with Crippen LogP contribution in [0.1, 0.15) is 13.3 Å². The molecule has 96 valence electrons. The van der Waals surface area contributed by atoms with Crippen molar-refractivity contribution in [3.05, 3.63) is 24.0 Å². The fourth-order valence-electron chi connectivity index (χ4n) is 1.51. The van der Waals surface area contributed by atoms with Crippen molar-refractivity contribution in [2.75, 3.05) is 39.1 Å². The summed E-state index contributed by atoms with van der Waals surface area (Å²) in [4.78, 5) is 2.13. The minimum absolute atomic E-state index is 0.311. The molecule has 0 heterocycles. The van der Waals surface area contributed by atoms with Gasteiger partial charge in [0, 0.05) is 18.3 Å². The van der Waals surface area contributed by atoms with Crippen molar-refractivity contribution in [2.24, 2.45) is 0 Å². The first-order valence-electron chi connectivity index (χ1n) is 5.94. The van der Waals surface area contributed by atoms with E-state index in [0.29, 0.717) is 12.4 Å². The van der Waals surface area contributed by atoms with Crippen LogP contribution in [0.3, 0.4) is 0 Å². The molecule has 1 N–H and O–H groups in total. The van der Waals surface area contributed by atoms with Crippen LogP contribution in [0.15, 0.2) is 18.2 Å². The maximum absolute atomic E-state index is 13.5. The molecule has 0 aliphatic heterocycles. The van der Waals surface area contributed by atoms with E-state index in [1.165, 1.54) is 6.07 Å². The van der Waals surface area contributed by atoms with Crippen molar-refractivity contribution in [3.63, 3.8) is 0 Å². The van der Waals surface area contributed by atoms with Crippen LogP contribution < -0.4 is 10.1 Å². The van der Waals surface area contributed by atoms with Gasteiger partial charge in [0.2, 0.25) is 0 Å². The molecule has 0 atom stereocenters. The second-order valence-corrected chi connectivity index (χ2v) is 4.16. The van der Waals surface area contributed by atoms with Crippen LogP contribution in [-0.4, -0.2) is 38.7 Å². The van der Waals surface area contributed by atoms with Gasteiger partial charge in [-0.05, 0) is 46.1 Å². The van der Waals surface area contributed by atoms with Gasteiger partial charge in [0.25, 0.3) is 0 Å². The lowest BCUT2D eigenvalue weighted by molar-refractivity contribution is 0.321. The van der Waals surface area contributed by atoms with Crippen molar-refractivity contribution in [3.8, 4) is 5.75 Å². The Bertz CT molecular complexity index is 342. The lowest BCUT2D eigenvalue weighted by Gasteiger charge is -2.11. The molecular formula is C13H21FN2O. The summed E-state index contributed by atoms with van der Waals surface area (Å²) in [5.41, 5.74) is 0.796. The molecule has 0 fully saturated rings. The van der Waals surface area contributed by atoms with E-state index < -0.39 is 0 Å². The quantitative estimate of drug-likeness (QED) is 0.741. The van der Waals surface area contributed by atoms with E-state index in [-0.39, 0.29) is 5.82 Å². The van der Waals surface area contributed by atoms with Crippen LogP contribution in [0.25, 0.3) is 0 Å². The van der Waals surface area contributed by atoms with Gasteiger partial charge in [0.1, 0.15) is 0 Å². The molecule has 0 radical (unpaired) electrons. The van der Waals surface area contributed by atoms with E-state index in [4.69, 9.17) is 4.74 Å². The second-order valence-electron chi connectivity index (χ2n) is 4.16. The fourth-order valence-corrected chi connectivity index (χ4v) is 1.51. The molecule has 0 spiro atoms. The third-order valence-electron chi connectivity index (χ3n) is 2.34. The summed E-state index contributed by atoms with van der Waals surface area (Å²) in [6, 6.07) is 4.97. The highest BCUT2D eigenvalue weighted by atomic mass is 19.1. The van der Waals surface area contributed by atoms with Gasteiger partial charge < -0.3 is 15.0 Å². The molecule has 1 aromatic rings. The molecule has 0 saturated carbocycles. The summed E-state index contributed by atoms with van der Waals surface area (Å²) in [6.07, 6.45) is 1.03. The Kier molecular flexibility index (Phi) is 5.77. The van der Waals surface area contributed by atoms with Crippen molar-refractivity contribution >= 4 is 5.69 Å². The summed E-state index contributed by atoms with van der Waals surface area (Å²) in [7, 11) is 4.08. The Morgan fingerprint density at radius 3 is 2.71 bits per heavy atom. The minimum Gasteiger partial charge on any atom is -0.491 e. The molecule has 4 heteroatoms. The number of benzene rings is 1. The highest BCUT2D eigenvalue weighted by Gasteiger charge is 2.03. The molecule has 1 aromatic carbocycles. The molecule has 17 heavy (non-hydrogen) atoms. The first-order valence-corrected chi connectivity index (χ1v) is 5.94. The van der Waals surface area contributed by atoms with Gasteiger partial charge in [0.15, 0.2) is 11.6 Å². The van der Waals surface area contributed by atoms with Crippen molar-refractivity contribution in [1.29, 1.82) is 0 Å². The topological polar surface area (TPSA) is 24.5 Å². The van der Waals surface area contributed by atoms with E-state index >= 15 is 0 Å². The van der Waals surface area contributed by atoms with Gasteiger partial charge in [-0.25, -0.2) is 4.39 Å². The lowest BCUT2D eigenvalue weighted by Crippen LogP contribution is -2.16. The standard InChI is InChI=1S/C13H21FN2O/c1-4-17-13-7-6-11(10-12(13)14)15-8-5-9-16(2)3/h6-7,10,15H,4-5,8-9H2,1-3H3. The Hall–Kier alpha value is -1.29. The Morgan fingerprint density at radius 1 is 1.35 bits per heavy atom. The average Bonchev–Trinajstić information content (AvgIpc) is 2.28. The van der Waals surface area contributed by atoms with Crippen molar-refractivity contribution in [1.82, 2.24) is 4.90 Å².